The van der Waals surface area contributed by atoms with Gasteiger partial charge in [-0.05, 0) is 31.5 Å². The summed E-state index contributed by atoms with van der Waals surface area (Å²) in [6.45, 7) is 3.88. The Kier molecular flexibility index (Phi) is 5.38. The van der Waals surface area contributed by atoms with E-state index in [1.54, 1.807) is 31.6 Å². The highest BCUT2D eigenvalue weighted by molar-refractivity contribution is 7.09. The molecule has 22 heavy (non-hydrogen) atoms. The molecule has 1 N–H and O–H groups in total. The Morgan fingerprint density at radius 3 is 2.64 bits per heavy atom. The number of nitrogens with one attached hydrogen (secondary N) is 1. The highest BCUT2D eigenvalue weighted by Gasteiger charge is 2.13. The van der Waals surface area contributed by atoms with E-state index in [2.05, 4.69) is 10.3 Å². The van der Waals surface area contributed by atoms with E-state index < -0.39 is 0 Å². The second kappa shape index (κ2) is 7.26. The SMILES string of the molecule is COc1ccc(CC(=O)NC(C)c2csc(C)n2)cc1OC. The van der Waals surface area contributed by atoms with Crippen LogP contribution in [0.25, 0.3) is 0 Å². The molecule has 0 fully saturated rings. The van der Waals surface area contributed by atoms with Crippen LogP contribution in [0.1, 0.15) is 29.2 Å². The number of hydrogen-bond donors (Lipinski definition) is 1. The van der Waals surface area contributed by atoms with Crippen LogP contribution >= 0.6 is 11.3 Å². The minimum atomic E-state index is -0.0995. The number of thiazole rings is 1. The molecule has 0 aliphatic heterocycles. The van der Waals surface area contributed by atoms with Crippen molar-refractivity contribution in [3.05, 3.63) is 39.8 Å². The molecule has 0 spiro atoms. The van der Waals surface area contributed by atoms with Gasteiger partial charge in [0.15, 0.2) is 11.5 Å². The van der Waals surface area contributed by atoms with Crippen molar-refractivity contribution < 1.29 is 14.3 Å². The van der Waals surface area contributed by atoms with Gasteiger partial charge in [0.2, 0.25) is 5.91 Å². The lowest BCUT2D eigenvalue weighted by molar-refractivity contribution is -0.121. The Labute approximate surface area is 134 Å². The van der Waals surface area contributed by atoms with Gasteiger partial charge in [-0.15, -0.1) is 11.3 Å². The lowest BCUT2D eigenvalue weighted by atomic mass is 10.1. The third-order valence-corrected chi connectivity index (χ3v) is 4.06. The summed E-state index contributed by atoms with van der Waals surface area (Å²) >= 11 is 1.58. The van der Waals surface area contributed by atoms with Gasteiger partial charge in [0, 0.05) is 5.38 Å². The average Bonchev–Trinajstić information content (AvgIpc) is 2.93. The van der Waals surface area contributed by atoms with Gasteiger partial charge >= 0.3 is 0 Å². The molecule has 6 heteroatoms. The standard InChI is InChI=1S/C16H20N2O3S/c1-10(13-9-22-11(2)18-13)17-16(19)8-12-5-6-14(20-3)15(7-12)21-4/h5-7,9-10H,8H2,1-4H3,(H,17,19). The third kappa shape index (κ3) is 3.98. The maximum absolute atomic E-state index is 12.1. The second-order valence-corrected chi connectivity index (χ2v) is 6.01. The van der Waals surface area contributed by atoms with Gasteiger partial charge in [-0.2, -0.15) is 0 Å². The molecule has 0 saturated heterocycles. The van der Waals surface area contributed by atoms with Crippen molar-refractivity contribution in [2.45, 2.75) is 26.3 Å². The number of benzene rings is 1. The molecule has 5 nitrogen and oxygen atoms in total. The second-order valence-electron chi connectivity index (χ2n) is 4.95. The van der Waals surface area contributed by atoms with Crippen LogP contribution in [0.3, 0.4) is 0 Å². The lowest BCUT2D eigenvalue weighted by Gasteiger charge is -2.13. The number of ether oxygens (including phenoxy) is 2. The molecule has 1 aromatic carbocycles. The maximum Gasteiger partial charge on any atom is 0.224 e. The average molecular weight is 320 g/mol. The van der Waals surface area contributed by atoms with Crippen molar-refractivity contribution in [3.63, 3.8) is 0 Å². The number of carbonyl (C=O) groups is 1. The van der Waals surface area contributed by atoms with Crippen molar-refractivity contribution in [2.24, 2.45) is 0 Å². The summed E-state index contributed by atoms with van der Waals surface area (Å²) < 4.78 is 10.4. The summed E-state index contributed by atoms with van der Waals surface area (Å²) in [6, 6.07) is 5.38. The molecule has 0 radical (unpaired) electrons. The van der Waals surface area contributed by atoms with Crippen LogP contribution in [-0.2, 0) is 11.2 Å². The Morgan fingerprint density at radius 1 is 1.32 bits per heavy atom. The number of nitrogens with zero attached hydrogens (tertiary/aromatic N) is 1. The van der Waals surface area contributed by atoms with Crippen LogP contribution in [0.2, 0.25) is 0 Å². The van der Waals surface area contributed by atoms with Crippen molar-refractivity contribution >= 4 is 17.2 Å². The van der Waals surface area contributed by atoms with Gasteiger partial charge in [0.05, 0.1) is 37.4 Å². The highest BCUT2D eigenvalue weighted by atomic mass is 32.1. The molecule has 1 amide bonds. The van der Waals surface area contributed by atoms with Crippen molar-refractivity contribution in [3.8, 4) is 11.5 Å². The number of amides is 1. The normalized spacial score (nSPS) is 11.8. The number of aromatic nitrogens is 1. The minimum Gasteiger partial charge on any atom is -0.493 e. The number of methoxy groups -OCH3 is 2. The van der Waals surface area contributed by atoms with Gasteiger partial charge in [-0.1, -0.05) is 6.07 Å². The van der Waals surface area contributed by atoms with E-state index in [0.29, 0.717) is 11.5 Å². The quantitative estimate of drug-likeness (QED) is 0.889. The lowest BCUT2D eigenvalue weighted by Crippen LogP contribution is -2.28. The zero-order valence-corrected chi connectivity index (χ0v) is 14.0. The summed E-state index contributed by atoms with van der Waals surface area (Å²) in [5.74, 6) is 1.22. The molecule has 1 unspecified atom stereocenters. The number of hydrogen-bond acceptors (Lipinski definition) is 5. The molecule has 0 saturated carbocycles. The van der Waals surface area contributed by atoms with E-state index in [-0.39, 0.29) is 18.4 Å². The first-order chi connectivity index (χ1) is 10.5. The van der Waals surface area contributed by atoms with Crippen LogP contribution in [0.5, 0.6) is 11.5 Å². The van der Waals surface area contributed by atoms with E-state index >= 15 is 0 Å². The fraction of sp³-hybridized carbons (Fsp3) is 0.375. The molecule has 2 aromatic rings. The Hall–Kier alpha value is -2.08. The minimum absolute atomic E-state index is 0.0506. The van der Waals surface area contributed by atoms with E-state index in [9.17, 15) is 4.79 Å². The molecule has 1 aromatic heterocycles. The van der Waals surface area contributed by atoms with Crippen molar-refractivity contribution in [2.75, 3.05) is 14.2 Å². The molecule has 1 atom stereocenters. The fourth-order valence-electron chi connectivity index (χ4n) is 2.12. The Bertz CT molecular complexity index is 655. The predicted octanol–water partition coefficient (Wildman–Crippen LogP) is 2.89. The van der Waals surface area contributed by atoms with Crippen molar-refractivity contribution in [1.29, 1.82) is 0 Å². The smallest absolute Gasteiger partial charge is 0.224 e. The molecule has 0 aliphatic carbocycles. The van der Waals surface area contributed by atoms with Crippen LogP contribution in [-0.4, -0.2) is 25.1 Å². The Balaban J connectivity index is 2.00. The fourth-order valence-corrected chi connectivity index (χ4v) is 2.83. The third-order valence-electron chi connectivity index (χ3n) is 3.27. The van der Waals surface area contributed by atoms with Gasteiger partial charge in [0.1, 0.15) is 0 Å². The van der Waals surface area contributed by atoms with Crippen molar-refractivity contribution in [1.82, 2.24) is 10.3 Å². The topological polar surface area (TPSA) is 60.5 Å². The van der Waals surface area contributed by atoms with E-state index in [1.807, 2.05) is 31.4 Å². The van der Waals surface area contributed by atoms with E-state index in [0.717, 1.165) is 16.3 Å². The van der Waals surface area contributed by atoms with E-state index in [4.69, 9.17) is 9.47 Å². The number of aryl methyl sites for hydroxylation is 1. The van der Waals surface area contributed by atoms with Gasteiger partial charge in [-0.3, -0.25) is 4.79 Å². The first-order valence-corrected chi connectivity index (χ1v) is 7.83. The zero-order chi connectivity index (χ0) is 16.1. The van der Waals surface area contributed by atoms with E-state index in [1.165, 1.54) is 0 Å². The largest absolute Gasteiger partial charge is 0.493 e. The summed E-state index contributed by atoms with van der Waals surface area (Å²) in [5, 5.41) is 5.92. The summed E-state index contributed by atoms with van der Waals surface area (Å²) in [5.41, 5.74) is 1.76. The van der Waals surface area contributed by atoms with Gasteiger partial charge in [0.25, 0.3) is 0 Å². The molecule has 0 aliphatic rings. The first kappa shape index (κ1) is 16.3. The molecular formula is C16H20N2O3S. The highest BCUT2D eigenvalue weighted by Crippen LogP contribution is 2.27. The summed E-state index contributed by atoms with van der Waals surface area (Å²) in [6.07, 6.45) is 0.286. The summed E-state index contributed by atoms with van der Waals surface area (Å²) in [4.78, 5) is 16.5. The van der Waals surface area contributed by atoms with Crippen LogP contribution in [0.4, 0.5) is 0 Å². The van der Waals surface area contributed by atoms with Gasteiger partial charge in [-0.25, -0.2) is 4.98 Å². The monoisotopic (exact) mass is 320 g/mol. The molecule has 118 valence electrons. The number of carbonyl (C=O) groups excluding carboxylic acids is 1. The van der Waals surface area contributed by atoms with Crippen LogP contribution < -0.4 is 14.8 Å². The Morgan fingerprint density at radius 2 is 2.05 bits per heavy atom. The van der Waals surface area contributed by atoms with Crippen LogP contribution in [0.15, 0.2) is 23.6 Å². The molecular weight excluding hydrogens is 300 g/mol. The molecule has 0 bridgehead atoms. The van der Waals surface area contributed by atoms with Crippen LogP contribution in [0, 0.1) is 6.92 Å². The molecule has 1 heterocycles. The van der Waals surface area contributed by atoms with Gasteiger partial charge < -0.3 is 14.8 Å². The maximum atomic E-state index is 12.1. The number of rotatable bonds is 6. The predicted molar refractivity (Wildman–Crippen MR) is 86.7 cm³/mol. The zero-order valence-electron chi connectivity index (χ0n) is 13.2. The summed E-state index contributed by atoms with van der Waals surface area (Å²) in [7, 11) is 3.16. The first-order valence-electron chi connectivity index (χ1n) is 6.95. The molecule has 2 rings (SSSR count).